The van der Waals surface area contributed by atoms with E-state index >= 15 is 0 Å². The second-order valence-electron chi connectivity index (χ2n) is 8.03. The number of rotatable bonds is 6. The average Bonchev–Trinajstić information content (AvgIpc) is 3.08. The van der Waals surface area contributed by atoms with E-state index in [4.69, 9.17) is 9.72 Å². The van der Waals surface area contributed by atoms with Crippen molar-refractivity contribution in [1.29, 1.82) is 0 Å². The third kappa shape index (κ3) is 4.03. The highest BCUT2D eigenvalue weighted by molar-refractivity contribution is 7.86. The number of para-hydroxylation sites is 1. The van der Waals surface area contributed by atoms with Gasteiger partial charge in [0.05, 0.1) is 30.1 Å². The molecule has 2 aliphatic rings. The van der Waals surface area contributed by atoms with Gasteiger partial charge in [-0.2, -0.15) is 17.0 Å². The van der Waals surface area contributed by atoms with Gasteiger partial charge in [0.2, 0.25) is 0 Å². The van der Waals surface area contributed by atoms with E-state index in [-0.39, 0.29) is 5.56 Å². The van der Waals surface area contributed by atoms with Crippen LogP contribution in [0, 0.1) is 0 Å². The Hall–Kier alpha value is -1.81. The van der Waals surface area contributed by atoms with Crippen LogP contribution in [0.15, 0.2) is 29.1 Å². The van der Waals surface area contributed by atoms with Crippen LogP contribution in [0.5, 0.6) is 0 Å². The van der Waals surface area contributed by atoms with Gasteiger partial charge in [-0.3, -0.25) is 9.36 Å². The van der Waals surface area contributed by atoms with Crippen molar-refractivity contribution in [3.63, 3.8) is 0 Å². The molecule has 1 unspecified atom stereocenters. The lowest BCUT2D eigenvalue weighted by molar-refractivity contribution is 0.183. The number of methoxy groups -OCH3 is 1. The second kappa shape index (κ2) is 9.13. The Bertz CT molecular complexity index is 1040. The summed E-state index contributed by atoms with van der Waals surface area (Å²) in [5.41, 5.74) is 0.455. The van der Waals surface area contributed by atoms with Crippen LogP contribution in [0.25, 0.3) is 10.9 Å². The molecule has 0 N–H and O–H groups in total. The van der Waals surface area contributed by atoms with Gasteiger partial charge in [0.1, 0.15) is 5.82 Å². The first-order valence-electron chi connectivity index (χ1n) is 10.8. The van der Waals surface area contributed by atoms with Gasteiger partial charge in [-0.25, -0.2) is 4.98 Å². The Morgan fingerprint density at radius 2 is 1.80 bits per heavy atom. The van der Waals surface area contributed by atoms with Crippen LogP contribution in [0.3, 0.4) is 0 Å². The number of benzene rings is 1. The lowest BCUT2D eigenvalue weighted by atomic mass is 10.2. The Morgan fingerprint density at radius 3 is 2.53 bits per heavy atom. The first kappa shape index (κ1) is 21.4. The first-order chi connectivity index (χ1) is 14.5. The Kier molecular flexibility index (Phi) is 6.52. The van der Waals surface area contributed by atoms with E-state index in [2.05, 4.69) is 0 Å². The third-order valence-electron chi connectivity index (χ3n) is 6.10. The van der Waals surface area contributed by atoms with E-state index in [0.717, 1.165) is 32.1 Å². The monoisotopic (exact) mass is 434 g/mol. The summed E-state index contributed by atoms with van der Waals surface area (Å²) >= 11 is 0. The molecule has 2 aromatic rings. The molecule has 0 amide bonds. The Morgan fingerprint density at radius 1 is 1.07 bits per heavy atom. The zero-order valence-corrected chi connectivity index (χ0v) is 18.3. The average molecular weight is 435 g/mol. The molecule has 0 aliphatic carbocycles. The Labute approximate surface area is 177 Å². The molecule has 2 saturated heterocycles. The van der Waals surface area contributed by atoms with Gasteiger partial charge >= 0.3 is 0 Å². The fraction of sp³-hybridized carbons (Fsp3) is 0.619. The minimum Gasteiger partial charge on any atom is -0.383 e. The second-order valence-corrected chi connectivity index (χ2v) is 9.91. The van der Waals surface area contributed by atoms with Crippen molar-refractivity contribution in [3.8, 4) is 0 Å². The molecule has 8 nitrogen and oxygen atoms in total. The molecule has 1 aromatic carbocycles. The van der Waals surface area contributed by atoms with E-state index in [0.29, 0.717) is 55.9 Å². The van der Waals surface area contributed by atoms with E-state index < -0.39 is 16.3 Å². The zero-order chi connectivity index (χ0) is 21.1. The minimum absolute atomic E-state index is 0.147. The number of nitrogens with zero attached hydrogens (tertiary/aromatic N) is 4. The summed E-state index contributed by atoms with van der Waals surface area (Å²) in [6.45, 7) is 2.28. The summed E-state index contributed by atoms with van der Waals surface area (Å²) in [6.07, 6.45) is 5.33. The van der Waals surface area contributed by atoms with Crippen LogP contribution in [-0.4, -0.2) is 59.9 Å². The molecule has 3 heterocycles. The Balaban J connectivity index is 1.77. The number of aromatic nitrogens is 2. The van der Waals surface area contributed by atoms with Crippen LogP contribution in [0.4, 0.5) is 0 Å². The van der Waals surface area contributed by atoms with Gasteiger partial charge in [0.25, 0.3) is 15.8 Å². The standard InChI is InChI=1S/C21H30N4O4S/c1-29-16-15-24-20(22-18-10-5-4-9-17(18)21(24)26)19-11-8-14-25(19)30(27,28)23-12-6-2-3-7-13-23/h4-5,9-10,19H,2-3,6-8,11-16H2,1H3. The summed E-state index contributed by atoms with van der Waals surface area (Å²) in [4.78, 5) is 18.0. The molecule has 9 heteroatoms. The molecule has 164 valence electrons. The maximum atomic E-state index is 13.5. The number of ether oxygens (including phenoxy) is 1. The summed E-state index contributed by atoms with van der Waals surface area (Å²) in [5, 5.41) is 0.539. The van der Waals surface area contributed by atoms with Gasteiger partial charge in [-0.1, -0.05) is 25.0 Å². The summed E-state index contributed by atoms with van der Waals surface area (Å²) in [6, 6.07) is 6.80. The number of hydrogen-bond acceptors (Lipinski definition) is 5. The van der Waals surface area contributed by atoms with Gasteiger partial charge in [0.15, 0.2) is 0 Å². The molecule has 4 rings (SSSR count). The molecular weight excluding hydrogens is 404 g/mol. The topological polar surface area (TPSA) is 84.7 Å². The molecule has 0 radical (unpaired) electrons. The number of fused-ring (bicyclic) bond motifs is 1. The van der Waals surface area contributed by atoms with Gasteiger partial charge in [-0.05, 0) is 37.8 Å². The zero-order valence-electron chi connectivity index (χ0n) is 17.5. The predicted octanol–water partition coefficient (Wildman–Crippen LogP) is 2.30. The summed E-state index contributed by atoms with van der Waals surface area (Å²) < 4.78 is 37.0. The normalized spacial score (nSPS) is 21.8. The molecule has 0 spiro atoms. The van der Waals surface area contributed by atoms with Crippen molar-refractivity contribution in [2.75, 3.05) is 33.4 Å². The van der Waals surface area contributed by atoms with Crippen LogP contribution in [0.2, 0.25) is 0 Å². The quantitative estimate of drug-likeness (QED) is 0.697. The van der Waals surface area contributed by atoms with Gasteiger partial charge < -0.3 is 4.74 Å². The molecule has 30 heavy (non-hydrogen) atoms. The maximum absolute atomic E-state index is 13.5. The fourth-order valence-electron chi connectivity index (χ4n) is 4.53. The highest BCUT2D eigenvalue weighted by atomic mass is 32.2. The van der Waals surface area contributed by atoms with Crippen LogP contribution in [-0.2, 0) is 21.5 Å². The predicted molar refractivity (Wildman–Crippen MR) is 116 cm³/mol. The maximum Gasteiger partial charge on any atom is 0.282 e. The van der Waals surface area contributed by atoms with Crippen molar-refractivity contribution in [1.82, 2.24) is 18.2 Å². The highest BCUT2D eigenvalue weighted by Gasteiger charge is 2.41. The molecule has 1 aromatic heterocycles. The molecule has 0 bridgehead atoms. The fourth-order valence-corrected chi connectivity index (χ4v) is 6.43. The van der Waals surface area contributed by atoms with Crippen molar-refractivity contribution in [2.45, 2.75) is 51.1 Å². The SMILES string of the molecule is COCCn1c(C2CCCN2S(=O)(=O)N2CCCCCC2)nc2ccccc2c1=O. The summed E-state index contributed by atoms with van der Waals surface area (Å²) in [7, 11) is -2.02. The van der Waals surface area contributed by atoms with Gasteiger partial charge in [-0.15, -0.1) is 0 Å². The van der Waals surface area contributed by atoms with Crippen molar-refractivity contribution in [3.05, 3.63) is 40.4 Å². The van der Waals surface area contributed by atoms with Gasteiger partial charge in [0, 0.05) is 26.7 Å². The van der Waals surface area contributed by atoms with Crippen molar-refractivity contribution < 1.29 is 13.2 Å². The smallest absolute Gasteiger partial charge is 0.282 e. The largest absolute Gasteiger partial charge is 0.383 e. The van der Waals surface area contributed by atoms with E-state index in [1.165, 1.54) is 0 Å². The molecular formula is C21H30N4O4S. The summed E-state index contributed by atoms with van der Waals surface area (Å²) in [5.74, 6) is 0.520. The van der Waals surface area contributed by atoms with Crippen molar-refractivity contribution in [2.24, 2.45) is 0 Å². The lowest BCUT2D eigenvalue weighted by Gasteiger charge is -2.31. The molecule has 2 fully saturated rings. The highest BCUT2D eigenvalue weighted by Crippen LogP contribution is 2.35. The lowest BCUT2D eigenvalue weighted by Crippen LogP contribution is -2.45. The van der Waals surface area contributed by atoms with Crippen LogP contribution in [0.1, 0.15) is 50.4 Å². The van der Waals surface area contributed by atoms with Crippen LogP contribution >= 0.6 is 0 Å². The molecule has 0 saturated carbocycles. The van der Waals surface area contributed by atoms with E-state index in [1.54, 1.807) is 26.4 Å². The molecule has 2 aliphatic heterocycles. The molecule has 1 atom stereocenters. The first-order valence-corrected chi connectivity index (χ1v) is 12.2. The third-order valence-corrected chi connectivity index (χ3v) is 8.15. The van der Waals surface area contributed by atoms with E-state index in [9.17, 15) is 13.2 Å². The van der Waals surface area contributed by atoms with Crippen molar-refractivity contribution >= 4 is 21.1 Å². The van der Waals surface area contributed by atoms with E-state index in [1.807, 2.05) is 18.2 Å². The number of hydrogen-bond donors (Lipinski definition) is 0. The minimum atomic E-state index is -3.61. The van der Waals surface area contributed by atoms with Crippen LogP contribution < -0.4 is 5.56 Å².